The minimum absolute atomic E-state index is 0.0458. The zero-order chi connectivity index (χ0) is 17.1. The maximum atomic E-state index is 13.3. The van der Waals surface area contributed by atoms with E-state index in [0.717, 1.165) is 43.0 Å². The fourth-order valence-corrected chi connectivity index (χ4v) is 3.15. The molecule has 5 heteroatoms. The summed E-state index contributed by atoms with van der Waals surface area (Å²) in [6.45, 7) is 1.12. The third-order valence-electron chi connectivity index (χ3n) is 4.45. The monoisotopic (exact) mass is 333 g/mol. The van der Waals surface area contributed by atoms with Crippen LogP contribution in [0.2, 0.25) is 0 Å². The van der Waals surface area contributed by atoms with Crippen LogP contribution in [0.4, 0.5) is 13.2 Å². The van der Waals surface area contributed by atoms with Crippen molar-refractivity contribution in [1.82, 2.24) is 4.90 Å². The van der Waals surface area contributed by atoms with Gasteiger partial charge in [-0.2, -0.15) is 0 Å². The molecule has 0 spiro atoms. The van der Waals surface area contributed by atoms with Gasteiger partial charge < -0.3 is 4.90 Å². The van der Waals surface area contributed by atoms with Crippen LogP contribution >= 0.6 is 0 Å². The fourth-order valence-electron chi connectivity index (χ4n) is 3.15. The van der Waals surface area contributed by atoms with Crippen LogP contribution in [0, 0.1) is 23.4 Å². The van der Waals surface area contributed by atoms with E-state index in [0.29, 0.717) is 19.0 Å². The van der Waals surface area contributed by atoms with Crippen LogP contribution < -0.4 is 0 Å². The van der Waals surface area contributed by atoms with Gasteiger partial charge in [-0.25, -0.2) is 13.2 Å². The second-order valence-electron chi connectivity index (χ2n) is 6.22. The maximum Gasteiger partial charge on any atom is 0.254 e. The lowest BCUT2D eigenvalue weighted by molar-refractivity contribution is 0.0689. The normalized spacial score (nSPS) is 15.5. The molecule has 0 unspecified atom stereocenters. The van der Waals surface area contributed by atoms with Gasteiger partial charge in [0.25, 0.3) is 5.91 Å². The first kappa shape index (κ1) is 16.6. The molecule has 3 rings (SSSR count). The van der Waals surface area contributed by atoms with Gasteiger partial charge in [0.05, 0.1) is 0 Å². The lowest BCUT2D eigenvalue weighted by Crippen LogP contribution is -2.39. The van der Waals surface area contributed by atoms with Gasteiger partial charge in [-0.05, 0) is 55.0 Å². The van der Waals surface area contributed by atoms with Crippen molar-refractivity contribution in [3.8, 4) is 0 Å². The Balaban J connectivity index is 1.58. The Kier molecular flexibility index (Phi) is 4.88. The molecular weight excluding hydrogens is 315 g/mol. The van der Waals surface area contributed by atoms with Crippen molar-refractivity contribution in [2.24, 2.45) is 5.92 Å². The Morgan fingerprint density at radius 2 is 1.50 bits per heavy atom. The third-order valence-corrected chi connectivity index (χ3v) is 4.45. The summed E-state index contributed by atoms with van der Waals surface area (Å²) in [5, 5.41) is 0. The highest BCUT2D eigenvalue weighted by Gasteiger charge is 2.24. The molecule has 0 N–H and O–H groups in total. The summed E-state index contributed by atoms with van der Waals surface area (Å²) < 4.78 is 39.4. The van der Waals surface area contributed by atoms with Crippen molar-refractivity contribution >= 4 is 5.91 Å². The number of amides is 1. The van der Waals surface area contributed by atoms with Gasteiger partial charge in [0, 0.05) is 24.7 Å². The van der Waals surface area contributed by atoms with Gasteiger partial charge in [-0.3, -0.25) is 4.79 Å². The summed E-state index contributed by atoms with van der Waals surface area (Å²) >= 11 is 0. The first-order valence-corrected chi connectivity index (χ1v) is 8.01. The molecule has 0 atom stereocenters. The Morgan fingerprint density at radius 1 is 0.917 bits per heavy atom. The standard InChI is InChI=1S/C19H18F3NO/c20-16-3-1-13(2-4-16)9-14-5-7-23(8-6-14)19(24)15-10-17(21)12-18(22)11-15/h1-4,10-12,14H,5-9H2. The molecule has 2 nitrogen and oxygen atoms in total. The summed E-state index contributed by atoms with van der Waals surface area (Å²) in [4.78, 5) is 14.0. The molecule has 1 saturated heterocycles. The molecule has 1 fully saturated rings. The number of carbonyl (C=O) groups is 1. The molecule has 2 aromatic rings. The van der Waals surface area contributed by atoms with Crippen LogP contribution in [0.5, 0.6) is 0 Å². The molecule has 0 aliphatic carbocycles. The van der Waals surface area contributed by atoms with E-state index >= 15 is 0 Å². The number of halogens is 3. The number of likely N-dealkylation sites (tertiary alicyclic amines) is 1. The Morgan fingerprint density at radius 3 is 2.08 bits per heavy atom. The topological polar surface area (TPSA) is 20.3 Å². The number of carbonyl (C=O) groups excluding carboxylic acids is 1. The maximum absolute atomic E-state index is 13.3. The molecule has 2 aromatic carbocycles. The molecule has 0 saturated carbocycles. The SMILES string of the molecule is O=C(c1cc(F)cc(F)c1)N1CCC(Cc2ccc(F)cc2)CC1. The Labute approximate surface area is 138 Å². The van der Waals surface area contributed by atoms with E-state index in [2.05, 4.69) is 0 Å². The minimum Gasteiger partial charge on any atom is -0.339 e. The molecule has 0 aromatic heterocycles. The van der Waals surface area contributed by atoms with Crippen molar-refractivity contribution < 1.29 is 18.0 Å². The van der Waals surface area contributed by atoms with Crippen LogP contribution in [0.1, 0.15) is 28.8 Å². The molecule has 126 valence electrons. The van der Waals surface area contributed by atoms with E-state index in [-0.39, 0.29) is 17.3 Å². The highest BCUT2D eigenvalue weighted by Crippen LogP contribution is 2.23. The van der Waals surface area contributed by atoms with E-state index < -0.39 is 11.6 Å². The van der Waals surface area contributed by atoms with Gasteiger partial charge in [-0.1, -0.05) is 12.1 Å². The molecule has 1 heterocycles. The lowest BCUT2D eigenvalue weighted by atomic mass is 9.90. The van der Waals surface area contributed by atoms with Gasteiger partial charge in [0.1, 0.15) is 17.5 Å². The summed E-state index contributed by atoms with van der Waals surface area (Å²) in [6.07, 6.45) is 2.48. The first-order chi connectivity index (χ1) is 11.5. The second kappa shape index (κ2) is 7.07. The third kappa shape index (κ3) is 3.96. The minimum atomic E-state index is -0.746. The van der Waals surface area contributed by atoms with E-state index in [9.17, 15) is 18.0 Å². The summed E-state index contributed by atoms with van der Waals surface area (Å²) in [6, 6.07) is 9.35. The summed E-state index contributed by atoms with van der Waals surface area (Å²) in [5.41, 5.74) is 1.12. The zero-order valence-corrected chi connectivity index (χ0v) is 13.1. The fraction of sp³-hybridized carbons (Fsp3) is 0.316. The number of rotatable bonds is 3. The van der Waals surface area contributed by atoms with Gasteiger partial charge in [-0.15, -0.1) is 0 Å². The smallest absolute Gasteiger partial charge is 0.254 e. The average Bonchev–Trinajstić information content (AvgIpc) is 2.56. The molecule has 1 amide bonds. The number of nitrogens with zero attached hydrogens (tertiary/aromatic N) is 1. The number of piperidine rings is 1. The van der Waals surface area contributed by atoms with Gasteiger partial charge >= 0.3 is 0 Å². The van der Waals surface area contributed by atoms with Crippen LogP contribution in [-0.2, 0) is 6.42 Å². The van der Waals surface area contributed by atoms with Crippen LogP contribution in [-0.4, -0.2) is 23.9 Å². The number of hydrogen-bond donors (Lipinski definition) is 0. The average molecular weight is 333 g/mol. The first-order valence-electron chi connectivity index (χ1n) is 8.01. The molecule has 1 aliphatic rings. The van der Waals surface area contributed by atoms with Crippen LogP contribution in [0.25, 0.3) is 0 Å². The predicted molar refractivity (Wildman–Crippen MR) is 85.1 cm³/mol. The molecule has 0 radical (unpaired) electrons. The lowest BCUT2D eigenvalue weighted by Gasteiger charge is -2.32. The van der Waals surface area contributed by atoms with Crippen molar-refractivity contribution in [3.63, 3.8) is 0 Å². The highest BCUT2D eigenvalue weighted by atomic mass is 19.1. The van der Waals surface area contributed by atoms with Crippen LogP contribution in [0.15, 0.2) is 42.5 Å². The quantitative estimate of drug-likeness (QED) is 0.824. The van der Waals surface area contributed by atoms with Crippen molar-refractivity contribution in [3.05, 3.63) is 71.0 Å². The summed E-state index contributed by atoms with van der Waals surface area (Å²) in [7, 11) is 0. The van der Waals surface area contributed by atoms with E-state index in [1.165, 1.54) is 12.1 Å². The number of benzene rings is 2. The van der Waals surface area contributed by atoms with Gasteiger partial charge in [0.15, 0.2) is 0 Å². The molecule has 0 bridgehead atoms. The zero-order valence-electron chi connectivity index (χ0n) is 13.1. The number of hydrogen-bond acceptors (Lipinski definition) is 1. The molecule has 1 aliphatic heterocycles. The largest absolute Gasteiger partial charge is 0.339 e. The Bertz CT molecular complexity index is 702. The summed E-state index contributed by atoms with van der Waals surface area (Å²) in [5.74, 6) is -1.66. The van der Waals surface area contributed by atoms with Crippen molar-refractivity contribution in [2.45, 2.75) is 19.3 Å². The van der Waals surface area contributed by atoms with Crippen LogP contribution in [0.3, 0.4) is 0 Å². The van der Waals surface area contributed by atoms with E-state index in [1.54, 1.807) is 17.0 Å². The van der Waals surface area contributed by atoms with Crippen molar-refractivity contribution in [2.75, 3.05) is 13.1 Å². The van der Waals surface area contributed by atoms with E-state index in [1.807, 2.05) is 0 Å². The van der Waals surface area contributed by atoms with Crippen molar-refractivity contribution in [1.29, 1.82) is 0 Å². The highest BCUT2D eigenvalue weighted by molar-refractivity contribution is 5.94. The van der Waals surface area contributed by atoms with Gasteiger partial charge in [0.2, 0.25) is 0 Å². The second-order valence-corrected chi connectivity index (χ2v) is 6.22. The molecule has 24 heavy (non-hydrogen) atoms. The predicted octanol–water partition coefficient (Wildman–Crippen LogP) is 4.20. The van der Waals surface area contributed by atoms with E-state index in [4.69, 9.17) is 0 Å². The molecular formula is C19H18F3NO. The Hall–Kier alpha value is -2.30.